The van der Waals surface area contributed by atoms with E-state index in [2.05, 4.69) is 9.55 Å². The molecule has 0 unspecified atom stereocenters. The van der Waals surface area contributed by atoms with E-state index in [4.69, 9.17) is 0 Å². The summed E-state index contributed by atoms with van der Waals surface area (Å²) in [6.45, 7) is 1.21. The molecule has 1 aromatic carbocycles. The highest BCUT2D eigenvalue weighted by atomic mass is 32.2. The van der Waals surface area contributed by atoms with Gasteiger partial charge in [-0.1, -0.05) is 18.2 Å². The third-order valence-electron chi connectivity index (χ3n) is 4.32. The molecule has 5 nitrogen and oxygen atoms in total. The minimum Gasteiger partial charge on any atom is -0.335 e. The predicted octanol–water partition coefficient (Wildman–Crippen LogP) is 2.05. The zero-order valence-electron chi connectivity index (χ0n) is 13.0. The molecule has 0 radical (unpaired) electrons. The molecular formula is C16H20FN3O2S. The van der Waals surface area contributed by atoms with Gasteiger partial charge < -0.3 is 4.57 Å². The standard InChI is InChI=1S/C16H20FN3O2S/c1-19(10-13-6-7-16-18-8-9-20(16)11-13)23(21,22)12-14-4-2-3-5-15(14)17/h2-5,8-9,13H,6-7,10-12H2,1H3/t13-/m1/s1. The van der Waals surface area contributed by atoms with Crippen LogP contribution in [-0.4, -0.2) is 35.9 Å². The second-order valence-corrected chi connectivity index (χ2v) is 8.10. The van der Waals surface area contributed by atoms with Crippen LogP contribution in [0.1, 0.15) is 17.8 Å². The lowest BCUT2D eigenvalue weighted by molar-refractivity contribution is 0.303. The fourth-order valence-electron chi connectivity index (χ4n) is 2.99. The Labute approximate surface area is 135 Å². The number of rotatable bonds is 5. The molecule has 1 aliphatic rings. The SMILES string of the molecule is CN(C[C@H]1CCc2nccn2C1)S(=O)(=O)Cc1ccccc1F. The maximum absolute atomic E-state index is 13.7. The van der Waals surface area contributed by atoms with E-state index in [1.165, 1.54) is 16.4 Å². The van der Waals surface area contributed by atoms with E-state index < -0.39 is 15.8 Å². The Bertz CT molecular complexity index is 788. The van der Waals surface area contributed by atoms with Crippen molar-refractivity contribution in [2.45, 2.75) is 25.1 Å². The third-order valence-corrected chi connectivity index (χ3v) is 6.09. The summed E-state index contributed by atoms with van der Waals surface area (Å²) in [5.41, 5.74) is 0.208. The van der Waals surface area contributed by atoms with E-state index in [1.54, 1.807) is 25.4 Å². The van der Waals surface area contributed by atoms with E-state index in [0.717, 1.165) is 25.2 Å². The summed E-state index contributed by atoms with van der Waals surface area (Å²) in [7, 11) is -1.96. The van der Waals surface area contributed by atoms with Crippen LogP contribution in [-0.2, 0) is 28.7 Å². The van der Waals surface area contributed by atoms with Crippen molar-refractivity contribution in [2.24, 2.45) is 5.92 Å². The molecule has 3 rings (SSSR count). The monoisotopic (exact) mass is 337 g/mol. The number of hydrogen-bond donors (Lipinski definition) is 0. The molecule has 0 bridgehead atoms. The second kappa shape index (κ2) is 6.41. The first-order valence-corrected chi connectivity index (χ1v) is 9.24. The highest BCUT2D eigenvalue weighted by molar-refractivity contribution is 7.88. The smallest absolute Gasteiger partial charge is 0.218 e. The van der Waals surface area contributed by atoms with E-state index in [9.17, 15) is 12.8 Å². The third kappa shape index (κ3) is 3.61. The second-order valence-electron chi connectivity index (χ2n) is 6.03. The molecule has 0 fully saturated rings. The molecule has 0 saturated heterocycles. The van der Waals surface area contributed by atoms with Crippen LogP contribution in [0.15, 0.2) is 36.7 Å². The van der Waals surface area contributed by atoms with Gasteiger partial charge in [-0.25, -0.2) is 22.1 Å². The Morgan fingerprint density at radius 2 is 2.17 bits per heavy atom. The van der Waals surface area contributed by atoms with Gasteiger partial charge in [-0.3, -0.25) is 0 Å². The zero-order valence-corrected chi connectivity index (χ0v) is 13.8. The summed E-state index contributed by atoms with van der Waals surface area (Å²) in [6, 6.07) is 6.00. The first kappa shape index (κ1) is 16.1. The molecule has 124 valence electrons. The largest absolute Gasteiger partial charge is 0.335 e. The molecule has 23 heavy (non-hydrogen) atoms. The van der Waals surface area contributed by atoms with Crippen LogP contribution in [0.3, 0.4) is 0 Å². The summed E-state index contributed by atoms with van der Waals surface area (Å²) < 4.78 is 42.0. The first-order chi connectivity index (χ1) is 11.0. The first-order valence-electron chi connectivity index (χ1n) is 7.63. The van der Waals surface area contributed by atoms with Gasteiger partial charge in [-0.05, 0) is 18.4 Å². The fraction of sp³-hybridized carbons (Fsp3) is 0.438. The summed E-state index contributed by atoms with van der Waals surface area (Å²) in [5, 5.41) is 0. The molecular weight excluding hydrogens is 317 g/mol. The van der Waals surface area contributed by atoms with Crippen molar-refractivity contribution in [3.63, 3.8) is 0 Å². The Hall–Kier alpha value is -1.73. The van der Waals surface area contributed by atoms with Crippen LogP contribution in [0.5, 0.6) is 0 Å². The van der Waals surface area contributed by atoms with Gasteiger partial charge in [0.05, 0.1) is 5.75 Å². The number of aryl methyl sites for hydroxylation is 1. The molecule has 0 saturated carbocycles. The average Bonchev–Trinajstić information content (AvgIpc) is 2.97. The van der Waals surface area contributed by atoms with Crippen molar-refractivity contribution < 1.29 is 12.8 Å². The molecule has 0 spiro atoms. The Morgan fingerprint density at radius 1 is 1.39 bits per heavy atom. The molecule has 1 atom stereocenters. The van der Waals surface area contributed by atoms with Crippen LogP contribution in [0.2, 0.25) is 0 Å². The summed E-state index contributed by atoms with van der Waals surface area (Å²) in [5.74, 6) is 0.513. The highest BCUT2D eigenvalue weighted by Crippen LogP contribution is 2.21. The van der Waals surface area contributed by atoms with Gasteiger partial charge in [0.2, 0.25) is 10.0 Å². The number of sulfonamides is 1. The zero-order chi connectivity index (χ0) is 16.4. The molecule has 0 N–H and O–H groups in total. The number of hydrogen-bond acceptors (Lipinski definition) is 3. The van der Waals surface area contributed by atoms with Crippen molar-refractivity contribution in [1.82, 2.24) is 13.9 Å². The van der Waals surface area contributed by atoms with E-state index >= 15 is 0 Å². The number of aromatic nitrogens is 2. The van der Waals surface area contributed by atoms with Crippen LogP contribution < -0.4 is 0 Å². The van der Waals surface area contributed by atoms with E-state index in [0.29, 0.717) is 6.54 Å². The average molecular weight is 337 g/mol. The van der Waals surface area contributed by atoms with E-state index in [-0.39, 0.29) is 17.2 Å². The van der Waals surface area contributed by atoms with Crippen molar-refractivity contribution in [1.29, 1.82) is 0 Å². The maximum Gasteiger partial charge on any atom is 0.218 e. The molecule has 2 heterocycles. The minimum atomic E-state index is -3.53. The molecule has 7 heteroatoms. The van der Waals surface area contributed by atoms with Gasteiger partial charge >= 0.3 is 0 Å². The summed E-state index contributed by atoms with van der Waals surface area (Å²) in [4.78, 5) is 4.27. The predicted molar refractivity (Wildman–Crippen MR) is 85.7 cm³/mol. The Balaban J connectivity index is 1.65. The van der Waals surface area contributed by atoms with Crippen LogP contribution in [0, 0.1) is 11.7 Å². The Kier molecular flexibility index (Phi) is 4.50. The number of imidazole rings is 1. The lowest BCUT2D eigenvalue weighted by Crippen LogP contribution is -2.36. The fourth-order valence-corrected chi connectivity index (χ4v) is 4.27. The van der Waals surface area contributed by atoms with Crippen molar-refractivity contribution >= 4 is 10.0 Å². The number of halogens is 1. The molecule has 1 aliphatic heterocycles. The number of nitrogens with zero attached hydrogens (tertiary/aromatic N) is 3. The molecule has 2 aromatic rings. The van der Waals surface area contributed by atoms with Crippen molar-refractivity contribution in [2.75, 3.05) is 13.6 Å². The van der Waals surface area contributed by atoms with Gasteiger partial charge in [0.15, 0.2) is 0 Å². The summed E-state index contributed by atoms with van der Waals surface area (Å²) in [6.07, 6.45) is 5.47. The number of benzene rings is 1. The maximum atomic E-state index is 13.7. The normalized spacial score (nSPS) is 18.1. The van der Waals surface area contributed by atoms with Crippen LogP contribution in [0.25, 0.3) is 0 Å². The van der Waals surface area contributed by atoms with Crippen molar-refractivity contribution in [3.8, 4) is 0 Å². The van der Waals surface area contributed by atoms with Gasteiger partial charge in [-0.15, -0.1) is 0 Å². The van der Waals surface area contributed by atoms with Crippen molar-refractivity contribution in [3.05, 3.63) is 53.9 Å². The quantitative estimate of drug-likeness (QED) is 0.839. The molecule has 0 aliphatic carbocycles. The van der Waals surface area contributed by atoms with Crippen LogP contribution >= 0.6 is 0 Å². The topological polar surface area (TPSA) is 55.2 Å². The van der Waals surface area contributed by atoms with Crippen LogP contribution in [0.4, 0.5) is 4.39 Å². The molecule has 0 amide bonds. The lowest BCUT2D eigenvalue weighted by atomic mass is 10.00. The minimum absolute atomic E-state index is 0.208. The van der Waals surface area contributed by atoms with Gasteiger partial charge in [0, 0.05) is 44.5 Å². The lowest BCUT2D eigenvalue weighted by Gasteiger charge is -2.27. The summed E-state index contributed by atoms with van der Waals surface area (Å²) >= 11 is 0. The van der Waals surface area contributed by atoms with Gasteiger partial charge in [-0.2, -0.15) is 0 Å². The highest BCUT2D eigenvalue weighted by Gasteiger charge is 2.26. The Morgan fingerprint density at radius 3 is 2.96 bits per heavy atom. The van der Waals surface area contributed by atoms with E-state index in [1.807, 2.05) is 6.20 Å². The van der Waals surface area contributed by atoms with Gasteiger partial charge in [0.25, 0.3) is 0 Å². The molecule has 1 aromatic heterocycles. The number of fused-ring (bicyclic) bond motifs is 1. The van der Waals surface area contributed by atoms with Gasteiger partial charge in [0.1, 0.15) is 11.6 Å².